The smallest absolute Gasteiger partial charge is 0.309 e. The Morgan fingerprint density at radius 1 is 1.32 bits per heavy atom. The van der Waals surface area contributed by atoms with Gasteiger partial charge in [0.25, 0.3) is 5.91 Å². The zero-order valence-electron chi connectivity index (χ0n) is 12.8. The molecule has 0 radical (unpaired) electrons. The summed E-state index contributed by atoms with van der Waals surface area (Å²) in [4.78, 5) is 36.5. The van der Waals surface area contributed by atoms with Crippen molar-refractivity contribution in [2.24, 2.45) is 5.41 Å². The molecule has 0 aliphatic carbocycles. The Labute approximate surface area is 129 Å². The van der Waals surface area contributed by atoms with Gasteiger partial charge in [-0.25, -0.2) is 0 Å². The van der Waals surface area contributed by atoms with Crippen LogP contribution in [0.1, 0.15) is 36.2 Å². The van der Waals surface area contributed by atoms with Gasteiger partial charge < -0.3 is 15.3 Å². The Hall–Kier alpha value is -2.37. The summed E-state index contributed by atoms with van der Waals surface area (Å²) in [5.74, 6) is -1.31. The fourth-order valence-electron chi connectivity index (χ4n) is 2.29. The van der Waals surface area contributed by atoms with Crippen molar-refractivity contribution in [1.82, 2.24) is 10.2 Å². The van der Waals surface area contributed by atoms with E-state index in [1.54, 1.807) is 26.0 Å². The van der Waals surface area contributed by atoms with E-state index in [4.69, 9.17) is 5.11 Å². The molecule has 2 N–H and O–H groups in total. The number of carboxylic acids is 1. The second kappa shape index (κ2) is 6.17. The van der Waals surface area contributed by atoms with Gasteiger partial charge in [0.15, 0.2) is 0 Å². The van der Waals surface area contributed by atoms with E-state index in [1.807, 2.05) is 12.1 Å². The molecule has 1 aromatic carbocycles. The van der Waals surface area contributed by atoms with Crippen molar-refractivity contribution in [3.8, 4) is 0 Å². The van der Waals surface area contributed by atoms with Crippen LogP contribution in [0.5, 0.6) is 0 Å². The molecule has 1 heterocycles. The first-order valence-corrected chi connectivity index (χ1v) is 7.18. The van der Waals surface area contributed by atoms with Crippen molar-refractivity contribution in [1.29, 1.82) is 0 Å². The highest BCUT2D eigenvalue weighted by Gasteiger charge is 2.29. The van der Waals surface area contributed by atoms with E-state index in [0.29, 0.717) is 18.5 Å². The van der Waals surface area contributed by atoms with Gasteiger partial charge in [0.2, 0.25) is 5.91 Å². The molecule has 0 unspecified atom stereocenters. The number of hydrogen-bond acceptors (Lipinski definition) is 3. The highest BCUT2D eigenvalue weighted by Crippen LogP contribution is 2.22. The maximum Gasteiger partial charge on any atom is 0.309 e. The number of carboxylic acid groups (broad SMARTS) is 1. The van der Waals surface area contributed by atoms with Crippen molar-refractivity contribution in [3.05, 3.63) is 35.4 Å². The molecule has 2 amide bonds. The van der Waals surface area contributed by atoms with Crippen LogP contribution in [-0.4, -0.2) is 40.9 Å². The summed E-state index contributed by atoms with van der Waals surface area (Å²) < 4.78 is 0. The first kappa shape index (κ1) is 16.0. The van der Waals surface area contributed by atoms with E-state index < -0.39 is 11.4 Å². The quantitative estimate of drug-likeness (QED) is 0.828. The van der Waals surface area contributed by atoms with Crippen LogP contribution in [0.3, 0.4) is 0 Å². The van der Waals surface area contributed by atoms with Gasteiger partial charge in [0, 0.05) is 18.7 Å². The minimum Gasteiger partial charge on any atom is -0.481 e. The number of amides is 2. The maximum atomic E-state index is 12.1. The summed E-state index contributed by atoms with van der Waals surface area (Å²) >= 11 is 0. The van der Waals surface area contributed by atoms with Gasteiger partial charge >= 0.3 is 5.97 Å². The standard InChI is InChI=1S/C16H20N2O4/c1-16(2,15(21)22)7-8-17-13(19)10-18-9-11-5-3-4-6-12(11)14(18)20/h3-6H,7-10H2,1-2H3,(H,17,19)(H,21,22). The third-order valence-corrected chi connectivity index (χ3v) is 3.88. The highest BCUT2D eigenvalue weighted by atomic mass is 16.4. The molecule has 118 valence electrons. The minimum absolute atomic E-state index is 0.0129. The minimum atomic E-state index is -0.896. The number of aliphatic carboxylic acids is 1. The van der Waals surface area contributed by atoms with Crippen molar-refractivity contribution in [2.75, 3.05) is 13.1 Å². The second-order valence-corrected chi connectivity index (χ2v) is 6.11. The zero-order chi connectivity index (χ0) is 16.3. The maximum absolute atomic E-state index is 12.1. The SMILES string of the molecule is CC(C)(CCNC(=O)CN1Cc2ccccc2C1=O)C(=O)O. The Balaban J connectivity index is 1.82. The van der Waals surface area contributed by atoms with Crippen molar-refractivity contribution >= 4 is 17.8 Å². The van der Waals surface area contributed by atoms with Gasteiger partial charge in [-0.15, -0.1) is 0 Å². The van der Waals surface area contributed by atoms with Gasteiger partial charge in [0.1, 0.15) is 6.54 Å². The van der Waals surface area contributed by atoms with Crippen molar-refractivity contribution in [3.63, 3.8) is 0 Å². The van der Waals surface area contributed by atoms with Crippen molar-refractivity contribution < 1.29 is 19.5 Å². The molecule has 6 heteroatoms. The number of rotatable bonds is 6. The molecule has 0 saturated carbocycles. The van der Waals surface area contributed by atoms with E-state index in [2.05, 4.69) is 5.32 Å². The van der Waals surface area contributed by atoms with Crippen LogP contribution >= 0.6 is 0 Å². The van der Waals surface area contributed by atoms with E-state index in [-0.39, 0.29) is 24.9 Å². The van der Waals surface area contributed by atoms with E-state index in [0.717, 1.165) is 5.56 Å². The van der Waals surface area contributed by atoms with Gasteiger partial charge in [-0.3, -0.25) is 14.4 Å². The zero-order valence-corrected chi connectivity index (χ0v) is 12.8. The van der Waals surface area contributed by atoms with E-state index in [9.17, 15) is 14.4 Å². The first-order valence-electron chi connectivity index (χ1n) is 7.18. The third-order valence-electron chi connectivity index (χ3n) is 3.88. The molecule has 0 saturated heterocycles. The van der Waals surface area contributed by atoms with Crippen LogP contribution in [0.4, 0.5) is 0 Å². The molecular formula is C16H20N2O4. The van der Waals surface area contributed by atoms with Crippen molar-refractivity contribution in [2.45, 2.75) is 26.8 Å². The fraction of sp³-hybridized carbons (Fsp3) is 0.438. The second-order valence-electron chi connectivity index (χ2n) is 6.11. The predicted octanol–water partition coefficient (Wildman–Crippen LogP) is 1.26. The molecular weight excluding hydrogens is 284 g/mol. The average molecular weight is 304 g/mol. The highest BCUT2D eigenvalue weighted by molar-refractivity contribution is 6.00. The molecule has 0 bridgehead atoms. The molecule has 0 atom stereocenters. The Morgan fingerprint density at radius 3 is 2.64 bits per heavy atom. The number of carbonyl (C=O) groups is 3. The summed E-state index contributed by atoms with van der Waals surface area (Å²) in [5.41, 5.74) is 0.682. The molecule has 0 fully saturated rings. The molecule has 0 spiro atoms. The van der Waals surface area contributed by atoms with Crippen LogP contribution in [0.2, 0.25) is 0 Å². The molecule has 6 nitrogen and oxygen atoms in total. The molecule has 0 aromatic heterocycles. The first-order chi connectivity index (χ1) is 10.3. The molecule has 1 aliphatic rings. The lowest BCUT2D eigenvalue weighted by Gasteiger charge is -2.20. The number of carbonyl (C=O) groups excluding carboxylic acids is 2. The van der Waals surface area contributed by atoms with Crippen LogP contribution in [0, 0.1) is 5.41 Å². The van der Waals surface area contributed by atoms with Crippen LogP contribution < -0.4 is 5.32 Å². The normalized spacial score (nSPS) is 13.9. The Bertz CT molecular complexity index is 610. The van der Waals surface area contributed by atoms with Gasteiger partial charge in [0.05, 0.1) is 5.41 Å². The van der Waals surface area contributed by atoms with Gasteiger partial charge in [-0.2, -0.15) is 0 Å². The largest absolute Gasteiger partial charge is 0.481 e. The van der Waals surface area contributed by atoms with E-state index >= 15 is 0 Å². The van der Waals surface area contributed by atoms with Crippen LogP contribution in [0.25, 0.3) is 0 Å². The van der Waals surface area contributed by atoms with E-state index in [1.165, 1.54) is 4.90 Å². The fourth-order valence-corrected chi connectivity index (χ4v) is 2.29. The number of fused-ring (bicyclic) bond motifs is 1. The average Bonchev–Trinajstić information content (AvgIpc) is 2.75. The molecule has 1 aliphatic heterocycles. The summed E-state index contributed by atoms with van der Waals surface area (Å²) in [6.07, 6.45) is 0.336. The number of hydrogen-bond donors (Lipinski definition) is 2. The van der Waals surface area contributed by atoms with Crippen LogP contribution in [-0.2, 0) is 16.1 Å². The Morgan fingerprint density at radius 2 is 2.00 bits per heavy atom. The lowest BCUT2D eigenvalue weighted by atomic mass is 9.90. The lowest BCUT2D eigenvalue weighted by molar-refractivity contribution is -0.147. The van der Waals surface area contributed by atoms with Gasteiger partial charge in [-0.05, 0) is 31.9 Å². The monoisotopic (exact) mass is 304 g/mol. The Kier molecular flexibility index (Phi) is 4.49. The predicted molar refractivity (Wildman–Crippen MR) is 80.2 cm³/mol. The van der Waals surface area contributed by atoms with Crippen LogP contribution in [0.15, 0.2) is 24.3 Å². The number of nitrogens with zero attached hydrogens (tertiary/aromatic N) is 1. The topological polar surface area (TPSA) is 86.7 Å². The number of nitrogens with one attached hydrogen (secondary N) is 1. The third kappa shape index (κ3) is 3.44. The summed E-state index contributed by atoms with van der Waals surface area (Å²) in [5, 5.41) is 11.7. The van der Waals surface area contributed by atoms with Gasteiger partial charge in [-0.1, -0.05) is 18.2 Å². The number of benzene rings is 1. The summed E-state index contributed by atoms with van der Waals surface area (Å²) in [6, 6.07) is 7.30. The molecule has 22 heavy (non-hydrogen) atoms. The molecule has 2 rings (SSSR count). The lowest BCUT2D eigenvalue weighted by Crippen LogP contribution is -2.39. The summed E-state index contributed by atoms with van der Waals surface area (Å²) in [6.45, 7) is 3.92. The summed E-state index contributed by atoms with van der Waals surface area (Å²) in [7, 11) is 0. The molecule has 1 aromatic rings.